The number of halogens is 1. The van der Waals surface area contributed by atoms with Crippen LogP contribution in [-0.2, 0) is 23.6 Å². The maximum Gasteiger partial charge on any atom is 0.337 e. The Bertz CT molecular complexity index is 1110. The molecule has 0 saturated carbocycles. The number of rotatable bonds is 4. The van der Waals surface area contributed by atoms with Crippen LogP contribution in [0.15, 0.2) is 57.8 Å². The number of carbonyl (C=O) groups is 1. The molecule has 2 heterocycles. The van der Waals surface area contributed by atoms with Gasteiger partial charge in [0.15, 0.2) is 0 Å². The molecule has 1 aliphatic heterocycles. The molecule has 28 heavy (non-hydrogen) atoms. The molecule has 1 aliphatic rings. The molecular formula is C20H20FN3O4. The third-order valence-corrected chi connectivity index (χ3v) is 4.74. The summed E-state index contributed by atoms with van der Waals surface area (Å²) in [5.41, 5.74) is 0.369. The number of ether oxygens (including phenoxy) is 1. The van der Waals surface area contributed by atoms with Crippen molar-refractivity contribution in [3.05, 3.63) is 86.0 Å². The van der Waals surface area contributed by atoms with Crippen LogP contribution in [0.3, 0.4) is 0 Å². The Balaban J connectivity index is 2.33. The van der Waals surface area contributed by atoms with E-state index in [1.54, 1.807) is 6.92 Å². The van der Waals surface area contributed by atoms with E-state index >= 15 is 0 Å². The summed E-state index contributed by atoms with van der Waals surface area (Å²) in [7, 11) is 2.90. The molecule has 0 saturated heterocycles. The van der Waals surface area contributed by atoms with E-state index in [0.717, 1.165) is 4.57 Å². The van der Waals surface area contributed by atoms with E-state index in [2.05, 4.69) is 11.9 Å². The number of aromatic nitrogens is 2. The van der Waals surface area contributed by atoms with Gasteiger partial charge in [-0.3, -0.25) is 13.9 Å². The lowest BCUT2D eigenvalue weighted by Crippen LogP contribution is -2.43. The highest BCUT2D eigenvalue weighted by Crippen LogP contribution is 2.39. The van der Waals surface area contributed by atoms with E-state index < -0.39 is 29.0 Å². The van der Waals surface area contributed by atoms with E-state index in [9.17, 15) is 18.8 Å². The fourth-order valence-electron chi connectivity index (χ4n) is 3.36. The van der Waals surface area contributed by atoms with E-state index in [1.807, 2.05) is 0 Å². The van der Waals surface area contributed by atoms with Gasteiger partial charge < -0.3 is 10.1 Å². The van der Waals surface area contributed by atoms with E-state index in [-0.39, 0.29) is 17.7 Å². The lowest BCUT2D eigenvalue weighted by Gasteiger charge is -2.30. The fourth-order valence-corrected chi connectivity index (χ4v) is 3.36. The SMILES string of the molecule is C=CCOC(=O)C1=C(C)Nc2c(c(=O)n(C)c(=O)n2C)C1c1ccc(F)cc1. The zero-order valence-electron chi connectivity index (χ0n) is 15.8. The first-order valence-electron chi connectivity index (χ1n) is 8.59. The highest BCUT2D eigenvalue weighted by molar-refractivity contribution is 5.94. The maximum absolute atomic E-state index is 13.5. The number of nitrogens with zero attached hydrogens (tertiary/aromatic N) is 2. The van der Waals surface area contributed by atoms with Gasteiger partial charge in [-0.25, -0.2) is 14.0 Å². The molecule has 1 N–H and O–H groups in total. The molecule has 1 unspecified atom stereocenters. The number of esters is 1. The summed E-state index contributed by atoms with van der Waals surface area (Å²) < 4.78 is 21.0. The van der Waals surface area contributed by atoms with Gasteiger partial charge in [-0.15, -0.1) is 0 Å². The maximum atomic E-state index is 13.5. The predicted molar refractivity (Wildman–Crippen MR) is 103 cm³/mol. The van der Waals surface area contributed by atoms with Crippen molar-refractivity contribution in [1.29, 1.82) is 0 Å². The molecule has 0 fully saturated rings. The minimum atomic E-state index is -0.820. The second kappa shape index (κ2) is 7.30. The third-order valence-electron chi connectivity index (χ3n) is 4.74. The van der Waals surface area contributed by atoms with Gasteiger partial charge in [-0.2, -0.15) is 0 Å². The van der Waals surface area contributed by atoms with Crippen molar-refractivity contribution < 1.29 is 13.9 Å². The highest BCUT2D eigenvalue weighted by Gasteiger charge is 2.37. The Morgan fingerprint density at radius 3 is 2.50 bits per heavy atom. The first kappa shape index (κ1) is 19.3. The standard InChI is InChI=1S/C20H20FN3O4/c1-5-10-28-19(26)14-11(2)22-17-16(18(25)24(4)20(27)23(17)3)15(14)12-6-8-13(21)9-7-12/h5-9,15,22H,1,10H2,2-4H3. The Morgan fingerprint density at radius 2 is 1.89 bits per heavy atom. The normalized spacial score (nSPS) is 15.6. The van der Waals surface area contributed by atoms with Crippen LogP contribution in [-0.4, -0.2) is 21.7 Å². The summed E-state index contributed by atoms with van der Waals surface area (Å²) in [4.78, 5) is 38.1. The molecule has 1 atom stereocenters. The van der Waals surface area contributed by atoms with E-state index in [0.29, 0.717) is 17.1 Å². The summed E-state index contributed by atoms with van der Waals surface area (Å²) >= 11 is 0. The van der Waals surface area contributed by atoms with Gasteiger partial charge in [-0.1, -0.05) is 24.8 Å². The highest BCUT2D eigenvalue weighted by atomic mass is 19.1. The van der Waals surface area contributed by atoms with Crippen molar-refractivity contribution in [1.82, 2.24) is 9.13 Å². The second-order valence-electron chi connectivity index (χ2n) is 6.50. The van der Waals surface area contributed by atoms with Gasteiger partial charge in [-0.05, 0) is 24.6 Å². The number of fused-ring (bicyclic) bond motifs is 1. The minimum absolute atomic E-state index is 0.00386. The van der Waals surface area contributed by atoms with Gasteiger partial charge in [0, 0.05) is 19.8 Å². The summed E-state index contributed by atoms with van der Waals surface area (Å²) in [6.45, 7) is 5.19. The largest absolute Gasteiger partial charge is 0.458 e. The van der Waals surface area contributed by atoms with Crippen LogP contribution in [0.1, 0.15) is 24.0 Å². The molecule has 2 aromatic rings. The molecule has 1 aromatic heterocycles. The fraction of sp³-hybridized carbons (Fsp3) is 0.250. The second-order valence-corrected chi connectivity index (χ2v) is 6.50. The molecule has 0 radical (unpaired) electrons. The monoisotopic (exact) mass is 385 g/mol. The van der Waals surface area contributed by atoms with Crippen LogP contribution < -0.4 is 16.6 Å². The van der Waals surface area contributed by atoms with E-state index in [4.69, 9.17) is 4.74 Å². The third kappa shape index (κ3) is 3.06. The Labute approximate surface area is 160 Å². The molecule has 3 rings (SSSR count). The van der Waals surface area contributed by atoms with Gasteiger partial charge in [0.25, 0.3) is 5.56 Å². The molecule has 0 aliphatic carbocycles. The van der Waals surface area contributed by atoms with Crippen molar-refractivity contribution in [2.45, 2.75) is 12.8 Å². The number of hydrogen-bond acceptors (Lipinski definition) is 5. The quantitative estimate of drug-likeness (QED) is 0.641. The van der Waals surface area contributed by atoms with Gasteiger partial charge in [0.2, 0.25) is 0 Å². The van der Waals surface area contributed by atoms with Crippen LogP contribution in [0.4, 0.5) is 10.2 Å². The zero-order valence-corrected chi connectivity index (χ0v) is 15.8. The number of carbonyl (C=O) groups excluding carboxylic acids is 1. The lowest BCUT2D eigenvalue weighted by molar-refractivity contribution is -0.138. The molecule has 146 valence electrons. The molecule has 7 nitrogen and oxygen atoms in total. The Hall–Kier alpha value is -3.42. The van der Waals surface area contributed by atoms with Crippen molar-refractivity contribution in [3.63, 3.8) is 0 Å². The smallest absolute Gasteiger partial charge is 0.337 e. The van der Waals surface area contributed by atoms with Gasteiger partial charge in [0.05, 0.1) is 17.1 Å². The van der Waals surface area contributed by atoms with E-state index in [1.165, 1.54) is 49.0 Å². The Morgan fingerprint density at radius 1 is 1.25 bits per heavy atom. The van der Waals surface area contributed by atoms with Crippen molar-refractivity contribution in [3.8, 4) is 0 Å². The van der Waals surface area contributed by atoms with Crippen LogP contribution in [0.5, 0.6) is 0 Å². The van der Waals surface area contributed by atoms with Crippen molar-refractivity contribution in [2.24, 2.45) is 14.1 Å². The molecule has 0 amide bonds. The predicted octanol–water partition coefficient (Wildman–Crippen LogP) is 1.78. The molecule has 1 aromatic carbocycles. The topological polar surface area (TPSA) is 82.3 Å². The van der Waals surface area contributed by atoms with Crippen LogP contribution in [0.25, 0.3) is 0 Å². The average molecular weight is 385 g/mol. The number of hydrogen-bond donors (Lipinski definition) is 1. The van der Waals surface area contributed by atoms with Crippen molar-refractivity contribution >= 4 is 11.8 Å². The number of allylic oxidation sites excluding steroid dienone is 1. The molecule has 8 heteroatoms. The number of nitrogens with one attached hydrogen (secondary N) is 1. The lowest BCUT2D eigenvalue weighted by atomic mass is 9.82. The van der Waals surface area contributed by atoms with Crippen LogP contribution in [0.2, 0.25) is 0 Å². The first-order chi connectivity index (χ1) is 13.3. The summed E-state index contributed by atoms with van der Waals surface area (Å²) in [5.74, 6) is -1.59. The zero-order chi connectivity index (χ0) is 20.6. The summed E-state index contributed by atoms with van der Waals surface area (Å²) in [6, 6.07) is 5.53. The summed E-state index contributed by atoms with van der Waals surface area (Å²) in [5, 5.41) is 2.98. The minimum Gasteiger partial charge on any atom is -0.458 e. The molecular weight excluding hydrogens is 365 g/mol. The average Bonchev–Trinajstić information content (AvgIpc) is 2.68. The number of anilines is 1. The first-order valence-corrected chi connectivity index (χ1v) is 8.59. The van der Waals surface area contributed by atoms with Gasteiger partial charge >= 0.3 is 11.7 Å². The molecule has 0 bridgehead atoms. The Kier molecular flexibility index (Phi) is 5.04. The van der Waals surface area contributed by atoms with Crippen LogP contribution in [0, 0.1) is 5.82 Å². The van der Waals surface area contributed by atoms with Crippen LogP contribution >= 0.6 is 0 Å². The van der Waals surface area contributed by atoms with Gasteiger partial charge in [0.1, 0.15) is 18.2 Å². The summed E-state index contributed by atoms with van der Waals surface area (Å²) in [6.07, 6.45) is 1.44. The van der Waals surface area contributed by atoms with Crippen molar-refractivity contribution in [2.75, 3.05) is 11.9 Å². The molecule has 0 spiro atoms. The number of benzene rings is 1.